The molecule has 0 saturated heterocycles. The summed E-state index contributed by atoms with van der Waals surface area (Å²) in [5.74, 6) is 1.58. The molecule has 3 unspecified atom stereocenters. The predicted molar refractivity (Wildman–Crippen MR) is 164 cm³/mol. The summed E-state index contributed by atoms with van der Waals surface area (Å²) in [4.78, 5) is 21.5. The molecule has 6 nitrogen and oxygen atoms in total. The molecule has 0 heterocycles. The average molecular weight is 571 g/mol. The van der Waals surface area contributed by atoms with Gasteiger partial charge < -0.3 is 20.0 Å². The molecule has 41 heavy (non-hydrogen) atoms. The zero-order valence-corrected chi connectivity index (χ0v) is 27.3. The lowest BCUT2D eigenvalue weighted by Crippen LogP contribution is -2.65. The van der Waals surface area contributed by atoms with Crippen LogP contribution in [0.1, 0.15) is 113 Å². The molecule has 5 rings (SSSR count). The summed E-state index contributed by atoms with van der Waals surface area (Å²) in [5.41, 5.74) is 3.08. The topological polar surface area (TPSA) is 82.4 Å². The van der Waals surface area contributed by atoms with Gasteiger partial charge in [0.2, 0.25) is 5.91 Å². The number of allylic oxidation sites excluding steroid dienone is 2. The number of oxime groups is 1. The van der Waals surface area contributed by atoms with Crippen molar-refractivity contribution in [2.45, 2.75) is 113 Å². The lowest BCUT2D eigenvalue weighted by Gasteiger charge is -2.71. The highest BCUT2D eigenvalue weighted by atomic mass is 16.6. The number of aliphatic hydroxyl groups is 2. The second-order valence-electron chi connectivity index (χ2n) is 16.6. The van der Waals surface area contributed by atoms with Gasteiger partial charge in [0.25, 0.3) is 0 Å². The molecule has 0 radical (unpaired) electrons. The summed E-state index contributed by atoms with van der Waals surface area (Å²) < 4.78 is 0. The van der Waals surface area contributed by atoms with Crippen LogP contribution in [0.2, 0.25) is 0 Å². The standard InChI is InChI=1S/C35H58N2O4/c1-30(2)15-17-35(29(40)37(19-21-38)20-22-39)18-16-33(6)24(25(35)23-30)9-10-27-32(5)13-12-28(36-41-8)31(3,4)26(32)11-14-34(27,33)7/h9,25-27,38-39H,10-23H2,1-8H3/b36-28+/t25?,26?,27?,32-,33+,34+,35-/m0/s1. The summed E-state index contributed by atoms with van der Waals surface area (Å²) in [7, 11) is 1.68. The molecular formula is C35H58N2O4. The fourth-order valence-electron chi connectivity index (χ4n) is 11.6. The van der Waals surface area contributed by atoms with Crippen molar-refractivity contribution in [2.75, 3.05) is 33.4 Å². The fourth-order valence-corrected chi connectivity index (χ4v) is 11.6. The normalized spacial score (nSPS) is 43.6. The molecule has 1 amide bonds. The Hall–Kier alpha value is -1.40. The maximum absolute atomic E-state index is 14.4. The van der Waals surface area contributed by atoms with Gasteiger partial charge in [-0.25, -0.2) is 0 Å². The van der Waals surface area contributed by atoms with Crippen molar-refractivity contribution in [3.8, 4) is 0 Å². The second kappa shape index (κ2) is 10.4. The summed E-state index contributed by atoms with van der Waals surface area (Å²) in [6.45, 7) is 17.8. The summed E-state index contributed by atoms with van der Waals surface area (Å²) in [6, 6.07) is 0. The molecule has 4 saturated carbocycles. The quantitative estimate of drug-likeness (QED) is 0.278. The van der Waals surface area contributed by atoms with Crippen molar-refractivity contribution in [3.63, 3.8) is 0 Å². The number of hydrogen-bond donors (Lipinski definition) is 2. The van der Waals surface area contributed by atoms with E-state index in [4.69, 9.17) is 4.84 Å². The highest BCUT2D eigenvalue weighted by Crippen LogP contribution is 2.75. The average Bonchev–Trinajstić information content (AvgIpc) is 2.90. The minimum absolute atomic E-state index is 0.0274. The molecule has 5 aliphatic rings. The van der Waals surface area contributed by atoms with Gasteiger partial charge in [0, 0.05) is 18.5 Å². The minimum atomic E-state index is -0.423. The van der Waals surface area contributed by atoms with Crippen LogP contribution >= 0.6 is 0 Å². The first-order chi connectivity index (χ1) is 19.2. The number of rotatable bonds is 6. The van der Waals surface area contributed by atoms with Crippen LogP contribution < -0.4 is 0 Å². The van der Waals surface area contributed by atoms with Crippen LogP contribution in [0.5, 0.6) is 0 Å². The number of carbonyl (C=O) groups is 1. The number of nitrogens with zero attached hydrogens (tertiary/aromatic N) is 2. The molecule has 4 fully saturated rings. The lowest BCUT2D eigenvalue weighted by molar-refractivity contribution is -0.175. The monoisotopic (exact) mass is 570 g/mol. The molecule has 0 aromatic carbocycles. The second-order valence-corrected chi connectivity index (χ2v) is 16.6. The smallest absolute Gasteiger partial charge is 0.229 e. The molecule has 0 aromatic rings. The Labute approximate surface area is 249 Å². The van der Waals surface area contributed by atoms with Crippen molar-refractivity contribution in [1.29, 1.82) is 0 Å². The largest absolute Gasteiger partial charge is 0.399 e. The number of amides is 1. The van der Waals surface area contributed by atoms with Crippen molar-refractivity contribution >= 4 is 11.6 Å². The van der Waals surface area contributed by atoms with Crippen LogP contribution in [-0.2, 0) is 9.63 Å². The van der Waals surface area contributed by atoms with Gasteiger partial charge in [-0.15, -0.1) is 0 Å². The first kappa shape index (κ1) is 31.0. The van der Waals surface area contributed by atoms with Crippen molar-refractivity contribution in [1.82, 2.24) is 4.90 Å². The molecule has 5 aliphatic carbocycles. The Kier molecular flexibility index (Phi) is 7.84. The maximum atomic E-state index is 14.4. The Balaban J connectivity index is 1.57. The number of fused-ring (bicyclic) bond motifs is 7. The summed E-state index contributed by atoms with van der Waals surface area (Å²) >= 11 is 0. The zero-order valence-electron chi connectivity index (χ0n) is 27.3. The van der Waals surface area contributed by atoms with E-state index in [0.29, 0.717) is 24.9 Å². The Morgan fingerprint density at radius 2 is 1.61 bits per heavy atom. The molecule has 0 aromatic heterocycles. The van der Waals surface area contributed by atoms with E-state index in [0.717, 1.165) is 44.9 Å². The van der Waals surface area contributed by atoms with Crippen LogP contribution in [0.3, 0.4) is 0 Å². The van der Waals surface area contributed by atoms with Crippen molar-refractivity contribution < 1.29 is 19.8 Å². The van der Waals surface area contributed by atoms with E-state index in [-0.39, 0.29) is 52.1 Å². The van der Waals surface area contributed by atoms with Gasteiger partial charge in [-0.05, 0) is 104 Å². The van der Waals surface area contributed by atoms with E-state index < -0.39 is 5.41 Å². The molecular weight excluding hydrogens is 512 g/mol. The summed E-state index contributed by atoms with van der Waals surface area (Å²) in [5, 5.41) is 24.1. The zero-order chi connectivity index (χ0) is 30.1. The third-order valence-electron chi connectivity index (χ3n) is 14.1. The van der Waals surface area contributed by atoms with E-state index in [1.807, 2.05) is 0 Å². The van der Waals surface area contributed by atoms with Gasteiger partial charge in [0.15, 0.2) is 0 Å². The Bertz CT molecular complexity index is 1090. The molecule has 0 spiro atoms. The van der Waals surface area contributed by atoms with E-state index in [2.05, 4.69) is 59.7 Å². The van der Waals surface area contributed by atoms with Gasteiger partial charge >= 0.3 is 0 Å². The SMILES string of the molecule is CO/N=C1\CC[C@@]2(C)C(CC[C@]3(C)C2CC=C2C4CC(C)(C)CC[C@]4(C(=O)N(CCO)CCO)CC[C@]23C)C1(C)C. The van der Waals surface area contributed by atoms with E-state index >= 15 is 0 Å². The molecule has 2 N–H and O–H groups in total. The van der Waals surface area contributed by atoms with E-state index in [1.54, 1.807) is 17.6 Å². The summed E-state index contributed by atoms with van der Waals surface area (Å²) in [6.07, 6.45) is 13.3. The van der Waals surface area contributed by atoms with Crippen molar-refractivity contribution in [2.24, 2.45) is 55.4 Å². The number of hydrogen-bond acceptors (Lipinski definition) is 5. The van der Waals surface area contributed by atoms with Gasteiger partial charge in [-0.2, -0.15) is 0 Å². The highest BCUT2D eigenvalue weighted by molar-refractivity contribution is 5.90. The minimum Gasteiger partial charge on any atom is -0.399 e. The van der Waals surface area contributed by atoms with E-state index in [9.17, 15) is 15.0 Å². The molecule has 7 atom stereocenters. The lowest BCUT2D eigenvalue weighted by atomic mass is 9.33. The molecule has 0 bridgehead atoms. The highest BCUT2D eigenvalue weighted by Gasteiger charge is 2.69. The van der Waals surface area contributed by atoms with Crippen molar-refractivity contribution in [3.05, 3.63) is 11.6 Å². The van der Waals surface area contributed by atoms with Crippen LogP contribution in [-0.4, -0.2) is 60.1 Å². The first-order valence-electron chi connectivity index (χ1n) is 16.5. The van der Waals surface area contributed by atoms with Crippen LogP contribution in [0.15, 0.2) is 16.8 Å². The Morgan fingerprint density at radius 3 is 2.24 bits per heavy atom. The van der Waals surface area contributed by atoms with Gasteiger partial charge in [0.05, 0.1) is 24.3 Å². The van der Waals surface area contributed by atoms with E-state index in [1.165, 1.54) is 25.0 Å². The molecule has 0 aliphatic heterocycles. The fraction of sp³-hybridized carbons (Fsp3) is 0.886. The van der Waals surface area contributed by atoms with Gasteiger partial charge in [-0.3, -0.25) is 4.79 Å². The number of carbonyl (C=O) groups excluding carboxylic acids is 1. The van der Waals surface area contributed by atoms with Crippen LogP contribution in [0.4, 0.5) is 0 Å². The first-order valence-corrected chi connectivity index (χ1v) is 16.5. The Morgan fingerprint density at radius 1 is 0.951 bits per heavy atom. The van der Waals surface area contributed by atoms with Crippen LogP contribution in [0, 0.1) is 50.2 Å². The van der Waals surface area contributed by atoms with Gasteiger partial charge in [-0.1, -0.05) is 65.3 Å². The third-order valence-corrected chi connectivity index (χ3v) is 14.1. The maximum Gasteiger partial charge on any atom is 0.229 e. The number of aliphatic hydroxyl groups excluding tert-OH is 2. The van der Waals surface area contributed by atoms with Gasteiger partial charge in [0.1, 0.15) is 7.11 Å². The predicted octanol–water partition coefficient (Wildman–Crippen LogP) is 6.60. The molecule has 232 valence electrons. The molecule has 6 heteroatoms. The third kappa shape index (κ3) is 4.38. The van der Waals surface area contributed by atoms with Crippen LogP contribution in [0.25, 0.3) is 0 Å².